The van der Waals surface area contributed by atoms with E-state index in [9.17, 15) is 19.2 Å². The molecule has 3 rings (SSSR count). The molecule has 2 aromatic carbocycles. The third kappa shape index (κ3) is 6.80. The highest BCUT2D eigenvalue weighted by molar-refractivity contribution is 6.31. The van der Waals surface area contributed by atoms with Crippen molar-refractivity contribution in [3.05, 3.63) is 73.9 Å². The second-order valence-corrected chi connectivity index (χ2v) is 8.59. The summed E-state index contributed by atoms with van der Waals surface area (Å²) in [6.45, 7) is 2.66. The van der Waals surface area contributed by atoms with Crippen molar-refractivity contribution in [2.75, 3.05) is 25.6 Å². The molecule has 9 nitrogen and oxygen atoms in total. The lowest BCUT2D eigenvalue weighted by atomic mass is 10.2. The van der Waals surface area contributed by atoms with Crippen LogP contribution in [0.2, 0.25) is 5.02 Å². The van der Waals surface area contributed by atoms with Gasteiger partial charge in [0.1, 0.15) is 6.54 Å². The first-order valence-corrected chi connectivity index (χ1v) is 11.7. The van der Waals surface area contributed by atoms with Crippen molar-refractivity contribution in [1.82, 2.24) is 14.5 Å². The zero-order valence-electron chi connectivity index (χ0n) is 19.8. The number of ether oxygens (including phenoxy) is 1. The van der Waals surface area contributed by atoms with Crippen LogP contribution in [-0.4, -0.2) is 41.2 Å². The Hall–Kier alpha value is -3.43. The van der Waals surface area contributed by atoms with Crippen LogP contribution in [0, 0.1) is 6.92 Å². The number of fused-ring (bicyclic) bond motifs is 1. The Balaban J connectivity index is 1.80. The molecule has 0 saturated carbocycles. The second kappa shape index (κ2) is 12.3. The van der Waals surface area contributed by atoms with Crippen molar-refractivity contribution >= 4 is 40.0 Å². The predicted molar refractivity (Wildman–Crippen MR) is 136 cm³/mol. The summed E-state index contributed by atoms with van der Waals surface area (Å²) in [6.07, 6.45) is 1.17. The summed E-state index contributed by atoms with van der Waals surface area (Å²) < 4.78 is 7.30. The number of amides is 2. The topological polar surface area (TPSA) is 111 Å². The van der Waals surface area contributed by atoms with Gasteiger partial charge >= 0.3 is 5.69 Å². The molecule has 0 atom stereocenters. The molecule has 0 aliphatic rings. The Bertz CT molecular complexity index is 1330. The fourth-order valence-corrected chi connectivity index (χ4v) is 3.89. The lowest BCUT2D eigenvalue weighted by molar-refractivity contribution is -0.121. The number of anilines is 1. The molecule has 0 fully saturated rings. The number of halogens is 1. The SMILES string of the molecule is COCCCNC(=O)CCCn1c(=O)c2ccccc2n(CC(=O)Nc2cc(Cl)ccc2C)c1=O. The quantitative estimate of drug-likeness (QED) is 0.393. The van der Waals surface area contributed by atoms with Crippen molar-refractivity contribution in [3.8, 4) is 0 Å². The summed E-state index contributed by atoms with van der Waals surface area (Å²) in [4.78, 5) is 51.1. The zero-order valence-corrected chi connectivity index (χ0v) is 20.6. The third-order valence-corrected chi connectivity index (χ3v) is 5.78. The molecule has 0 saturated heterocycles. The first-order valence-electron chi connectivity index (χ1n) is 11.4. The fraction of sp³-hybridized carbons (Fsp3) is 0.360. The Kier molecular flexibility index (Phi) is 9.22. The van der Waals surface area contributed by atoms with E-state index < -0.39 is 17.2 Å². The summed E-state index contributed by atoms with van der Waals surface area (Å²) in [5, 5.41) is 6.36. The first-order chi connectivity index (χ1) is 16.8. The molecular formula is C25H29ClN4O5. The van der Waals surface area contributed by atoms with Crippen LogP contribution < -0.4 is 21.9 Å². The highest BCUT2D eigenvalue weighted by Crippen LogP contribution is 2.20. The number of hydrogen-bond donors (Lipinski definition) is 2. The number of aryl methyl sites for hydroxylation is 1. The van der Waals surface area contributed by atoms with Crippen LogP contribution in [0.1, 0.15) is 24.8 Å². The van der Waals surface area contributed by atoms with E-state index >= 15 is 0 Å². The van der Waals surface area contributed by atoms with Gasteiger partial charge in [-0.1, -0.05) is 29.8 Å². The molecule has 0 spiro atoms. The maximum atomic E-state index is 13.2. The largest absolute Gasteiger partial charge is 0.385 e. The molecule has 35 heavy (non-hydrogen) atoms. The van der Waals surface area contributed by atoms with E-state index in [4.69, 9.17) is 16.3 Å². The van der Waals surface area contributed by atoms with Gasteiger partial charge in [0.2, 0.25) is 11.8 Å². The normalized spacial score (nSPS) is 10.9. The van der Waals surface area contributed by atoms with Crippen LogP contribution in [0.3, 0.4) is 0 Å². The van der Waals surface area contributed by atoms with Gasteiger partial charge in [0.05, 0.1) is 10.9 Å². The van der Waals surface area contributed by atoms with Gasteiger partial charge in [-0.15, -0.1) is 0 Å². The molecule has 2 amide bonds. The first kappa shape index (κ1) is 26.2. The van der Waals surface area contributed by atoms with Gasteiger partial charge in [0, 0.05) is 43.9 Å². The molecule has 0 radical (unpaired) electrons. The van der Waals surface area contributed by atoms with E-state index in [2.05, 4.69) is 10.6 Å². The minimum absolute atomic E-state index is 0.0585. The van der Waals surface area contributed by atoms with Crippen LogP contribution in [0.25, 0.3) is 10.9 Å². The number of nitrogens with zero attached hydrogens (tertiary/aromatic N) is 2. The number of carbonyl (C=O) groups excluding carboxylic acids is 2. The lowest BCUT2D eigenvalue weighted by Gasteiger charge is -2.15. The van der Waals surface area contributed by atoms with Crippen LogP contribution in [0.5, 0.6) is 0 Å². The van der Waals surface area contributed by atoms with Gasteiger partial charge in [0.15, 0.2) is 0 Å². The molecule has 10 heteroatoms. The van der Waals surface area contributed by atoms with Crippen LogP contribution in [0.4, 0.5) is 5.69 Å². The molecule has 1 aromatic heterocycles. The van der Waals surface area contributed by atoms with Crippen molar-refractivity contribution < 1.29 is 14.3 Å². The summed E-state index contributed by atoms with van der Waals surface area (Å²) in [7, 11) is 1.60. The number of nitrogens with one attached hydrogen (secondary N) is 2. The molecule has 3 aromatic rings. The standard InChI is InChI=1S/C25H29ClN4O5/c1-17-10-11-18(26)15-20(17)28-23(32)16-30-21-8-4-3-7-19(21)24(33)29(25(30)34)13-5-9-22(31)27-12-6-14-35-2/h3-4,7-8,10-11,15H,5-6,9,12-14,16H2,1-2H3,(H,27,31)(H,28,32). The maximum Gasteiger partial charge on any atom is 0.331 e. The smallest absolute Gasteiger partial charge is 0.331 e. The summed E-state index contributed by atoms with van der Waals surface area (Å²) in [6, 6.07) is 11.8. The van der Waals surface area contributed by atoms with Gasteiger partial charge in [-0.2, -0.15) is 0 Å². The lowest BCUT2D eigenvalue weighted by Crippen LogP contribution is -2.42. The van der Waals surface area contributed by atoms with Gasteiger partial charge in [0.25, 0.3) is 5.56 Å². The Morgan fingerprint density at radius 1 is 1.03 bits per heavy atom. The van der Waals surface area contributed by atoms with Gasteiger partial charge < -0.3 is 15.4 Å². The van der Waals surface area contributed by atoms with Gasteiger partial charge in [-0.3, -0.25) is 23.5 Å². The number of benzene rings is 2. The molecule has 186 valence electrons. The van der Waals surface area contributed by atoms with Gasteiger partial charge in [-0.05, 0) is 49.6 Å². The van der Waals surface area contributed by atoms with Crippen LogP contribution >= 0.6 is 11.6 Å². The fourth-order valence-electron chi connectivity index (χ4n) is 3.71. The summed E-state index contributed by atoms with van der Waals surface area (Å²) >= 11 is 6.04. The minimum Gasteiger partial charge on any atom is -0.385 e. The van der Waals surface area contributed by atoms with E-state index in [0.717, 1.165) is 10.1 Å². The van der Waals surface area contributed by atoms with Crippen molar-refractivity contribution in [2.45, 2.75) is 39.3 Å². The van der Waals surface area contributed by atoms with Crippen LogP contribution in [0.15, 0.2) is 52.1 Å². The predicted octanol–water partition coefficient (Wildman–Crippen LogP) is 2.70. The van der Waals surface area contributed by atoms with Gasteiger partial charge in [-0.25, -0.2) is 4.79 Å². The highest BCUT2D eigenvalue weighted by atomic mass is 35.5. The van der Waals surface area contributed by atoms with E-state index in [1.54, 1.807) is 49.6 Å². The molecular weight excluding hydrogens is 472 g/mol. The molecule has 0 aliphatic heterocycles. The number of methoxy groups -OCH3 is 1. The molecule has 0 unspecified atom stereocenters. The minimum atomic E-state index is -0.604. The number of rotatable bonds is 11. The average Bonchev–Trinajstić information content (AvgIpc) is 2.84. The van der Waals surface area contributed by atoms with Crippen molar-refractivity contribution in [1.29, 1.82) is 0 Å². The number of carbonyl (C=O) groups is 2. The third-order valence-electron chi connectivity index (χ3n) is 5.54. The van der Waals surface area contributed by atoms with Crippen molar-refractivity contribution in [3.63, 3.8) is 0 Å². The summed E-state index contributed by atoms with van der Waals surface area (Å²) in [5.74, 6) is -0.588. The van der Waals surface area contributed by atoms with E-state index in [0.29, 0.717) is 47.6 Å². The van der Waals surface area contributed by atoms with E-state index in [-0.39, 0.29) is 25.4 Å². The number of para-hydroxylation sites is 1. The summed E-state index contributed by atoms with van der Waals surface area (Å²) in [5.41, 5.74) is 0.684. The second-order valence-electron chi connectivity index (χ2n) is 8.15. The van der Waals surface area contributed by atoms with E-state index in [1.165, 1.54) is 4.57 Å². The molecule has 1 heterocycles. The monoisotopic (exact) mass is 500 g/mol. The zero-order chi connectivity index (χ0) is 25.4. The Morgan fingerprint density at radius 3 is 2.57 bits per heavy atom. The number of aromatic nitrogens is 2. The number of hydrogen-bond acceptors (Lipinski definition) is 5. The molecule has 0 aliphatic carbocycles. The maximum absolute atomic E-state index is 13.2. The molecule has 0 bridgehead atoms. The molecule has 2 N–H and O–H groups in total. The Morgan fingerprint density at radius 2 is 1.80 bits per heavy atom. The van der Waals surface area contributed by atoms with Crippen LogP contribution in [-0.2, 0) is 27.4 Å². The average molecular weight is 501 g/mol. The highest BCUT2D eigenvalue weighted by Gasteiger charge is 2.16. The van der Waals surface area contributed by atoms with Crippen molar-refractivity contribution in [2.24, 2.45) is 0 Å². The Labute approximate surface area is 207 Å². The van der Waals surface area contributed by atoms with E-state index in [1.807, 2.05) is 6.92 Å².